The number of aromatic nitrogens is 4. The highest BCUT2D eigenvalue weighted by Crippen LogP contribution is 2.39. The molecule has 4 heterocycles. The maximum absolute atomic E-state index is 13.6. The fourth-order valence-electron chi connectivity index (χ4n) is 3.91. The molecule has 1 fully saturated rings. The van der Waals surface area contributed by atoms with Gasteiger partial charge in [0.2, 0.25) is 0 Å². The third kappa shape index (κ3) is 3.71. The van der Waals surface area contributed by atoms with E-state index in [1.54, 1.807) is 12.3 Å². The molecule has 3 aromatic heterocycles. The van der Waals surface area contributed by atoms with Crippen LogP contribution in [0.1, 0.15) is 11.8 Å². The Hall–Kier alpha value is -3.48. The number of nitrogen functional groups attached to an aromatic ring is 1. The zero-order chi connectivity index (χ0) is 23.3. The molecule has 0 aliphatic carbocycles. The topological polar surface area (TPSA) is 129 Å². The smallest absolute Gasteiger partial charge is 0.419 e. The Morgan fingerprint density at radius 3 is 2.73 bits per heavy atom. The number of benzene rings is 1. The molecule has 172 valence electrons. The van der Waals surface area contributed by atoms with Gasteiger partial charge in [-0.05, 0) is 18.2 Å². The number of aliphatic hydroxyl groups excluding tert-OH is 2. The number of ether oxygens (including phenoxy) is 2. The number of rotatable bonds is 4. The number of nitrogens with two attached hydrogens (primary N) is 1. The van der Waals surface area contributed by atoms with Crippen molar-refractivity contribution < 1.29 is 32.9 Å². The average molecular weight is 461 g/mol. The number of nitrogens with zero attached hydrogens (tertiary/aromatic N) is 4. The first kappa shape index (κ1) is 21.4. The van der Waals surface area contributed by atoms with E-state index in [1.807, 2.05) is 0 Å². The van der Waals surface area contributed by atoms with Gasteiger partial charge in [-0.1, -0.05) is 6.07 Å². The minimum atomic E-state index is -4.67. The van der Waals surface area contributed by atoms with Gasteiger partial charge >= 0.3 is 6.18 Å². The van der Waals surface area contributed by atoms with Gasteiger partial charge < -0.3 is 30.0 Å². The summed E-state index contributed by atoms with van der Waals surface area (Å²) in [6, 6.07) is 6.83. The second-order valence-corrected chi connectivity index (χ2v) is 7.62. The van der Waals surface area contributed by atoms with E-state index >= 15 is 0 Å². The van der Waals surface area contributed by atoms with Crippen LogP contribution in [0.2, 0.25) is 0 Å². The number of hydrogen-bond donors (Lipinski definition) is 3. The summed E-state index contributed by atoms with van der Waals surface area (Å²) in [5, 5.41) is 21.8. The second kappa shape index (κ2) is 7.83. The Morgan fingerprint density at radius 1 is 1.12 bits per heavy atom. The molecule has 12 heteroatoms. The summed E-state index contributed by atoms with van der Waals surface area (Å²) >= 11 is 0. The Kier molecular flexibility index (Phi) is 5.07. The third-order valence-electron chi connectivity index (χ3n) is 5.56. The van der Waals surface area contributed by atoms with E-state index in [9.17, 15) is 23.4 Å². The lowest BCUT2D eigenvalue weighted by Gasteiger charge is -2.19. The monoisotopic (exact) mass is 461 g/mol. The first-order valence-electron chi connectivity index (χ1n) is 9.91. The number of pyridine rings is 1. The zero-order valence-electron chi connectivity index (χ0n) is 16.8. The first-order chi connectivity index (χ1) is 15.7. The number of anilines is 1. The summed E-state index contributed by atoms with van der Waals surface area (Å²) in [6.45, 7) is -0.438. The molecule has 4 aromatic rings. The lowest BCUT2D eigenvalue weighted by Crippen LogP contribution is -2.34. The maximum Gasteiger partial charge on any atom is 0.419 e. The highest BCUT2D eigenvalue weighted by atomic mass is 19.4. The molecule has 9 nitrogen and oxygen atoms in total. The van der Waals surface area contributed by atoms with E-state index in [-0.39, 0.29) is 5.82 Å². The Balaban J connectivity index is 1.40. The SMILES string of the molecule is Nc1ncnc2c1ccn2[C@@H]1O[C@H](COc2cc3ncccc3cc2C(F)(F)F)[C@@H](O)[C@H]1O. The molecule has 0 amide bonds. The molecular weight excluding hydrogens is 443 g/mol. The molecule has 4 atom stereocenters. The summed E-state index contributed by atoms with van der Waals surface area (Å²) < 4.78 is 53.5. The second-order valence-electron chi connectivity index (χ2n) is 7.62. The molecule has 33 heavy (non-hydrogen) atoms. The number of hydrogen-bond acceptors (Lipinski definition) is 8. The van der Waals surface area contributed by atoms with Crippen molar-refractivity contribution in [1.29, 1.82) is 0 Å². The molecule has 0 saturated carbocycles. The number of fused-ring (bicyclic) bond motifs is 2. The largest absolute Gasteiger partial charge is 0.490 e. The first-order valence-corrected chi connectivity index (χ1v) is 9.91. The van der Waals surface area contributed by atoms with Crippen molar-refractivity contribution in [2.75, 3.05) is 12.3 Å². The standard InChI is InChI=1S/C21H18F3N5O4/c22-21(23,24)12-6-10-2-1-4-26-13(10)7-14(12)32-8-15-16(30)17(31)20(33-15)29-5-3-11-18(25)27-9-28-19(11)29/h1-7,9,15-17,20,30-31H,8H2,(H2,25,27,28)/t15-,16-,17-,20-/m1/s1. The van der Waals surface area contributed by atoms with Crippen molar-refractivity contribution in [3.63, 3.8) is 0 Å². The lowest BCUT2D eigenvalue weighted by molar-refractivity contribution is -0.139. The van der Waals surface area contributed by atoms with Gasteiger partial charge in [0.25, 0.3) is 0 Å². The molecule has 1 aliphatic rings. The van der Waals surface area contributed by atoms with Crippen LogP contribution in [0.5, 0.6) is 5.75 Å². The van der Waals surface area contributed by atoms with Gasteiger partial charge in [-0.2, -0.15) is 13.2 Å². The molecule has 0 bridgehead atoms. The summed E-state index contributed by atoms with van der Waals surface area (Å²) in [5.41, 5.74) is 5.55. The molecule has 4 N–H and O–H groups in total. The molecule has 1 aliphatic heterocycles. The normalized spacial score (nSPS) is 23.4. The van der Waals surface area contributed by atoms with Gasteiger partial charge in [0.1, 0.15) is 48.5 Å². The van der Waals surface area contributed by atoms with Crippen molar-refractivity contribution in [3.8, 4) is 5.75 Å². The van der Waals surface area contributed by atoms with Crippen LogP contribution in [-0.4, -0.2) is 54.7 Å². The van der Waals surface area contributed by atoms with E-state index in [1.165, 1.54) is 35.3 Å². The van der Waals surface area contributed by atoms with E-state index < -0.39 is 48.6 Å². The third-order valence-corrected chi connectivity index (χ3v) is 5.56. The number of alkyl halides is 3. The van der Waals surface area contributed by atoms with E-state index in [0.717, 1.165) is 6.07 Å². The minimum absolute atomic E-state index is 0.233. The van der Waals surface area contributed by atoms with Gasteiger partial charge in [-0.25, -0.2) is 9.97 Å². The Morgan fingerprint density at radius 2 is 1.94 bits per heavy atom. The van der Waals surface area contributed by atoms with Crippen molar-refractivity contribution in [3.05, 3.63) is 54.6 Å². The molecule has 1 aromatic carbocycles. The van der Waals surface area contributed by atoms with Crippen LogP contribution in [0.4, 0.5) is 19.0 Å². The zero-order valence-corrected chi connectivity index (χ0v) is 16.8. The van der Waals surface area contributed by atoms with Gasteiger partial charge in [0, 0.05) is 23.8 Å². The van der Waals surface area contributed by atoms with Crippen molar-refractivity contribution in [1.82, 2.24) is 19.5 Å². The fourth-order valence-corrected chi connectivity index (χ4v) is 3.91. The highest BCUT2D eigenvalue weighted by molar-refractivity contribution is 5.86. The predicted octanol–water partition coefficient (Wildman–Crippen LogP) is 2.28. The molecule has 0 radical (unpaired) electrons. The summed E-state index contributed by atoms with van der Waals surface area (Å²) in [6.07, 6.45) is -5.36. The van der Waals surface area contributed by atoms with E-state index in [0.29, 0.717) is 21.9 Å². The van der Waals surface area contributed by atoms with Crippen molar-refractivity contribution in [2.45, 2.75) is 30.7 Å². The summed E-state index contributed by atoms with van der Waals surface area (Å²) in [7, 11) is 0. The van der Waals surface area contributed by atoms with E-state index in [2.05, 4.69) is 15.0 Å². The van der Waals surface area contributed by atoms with Crippen LogP contribution in [0.15, 0.2) is 49.1 Å². The van der Waals surface area contributed by atoms with Crippen LogP contribution < -0.4 is 10.5 Å². The molecule has 1 saturated heterocycles. The molecule has 0 spiro atoms. The van der Waals surface area contributed by atoms with Crippen molar-refractivity contribution >= 4 is 27.8 Å². The van der Waals surface area contributed by atoms with Crippen LogP contribution in [0.3, 0.4) is 0 Å². The van der Waals surface area contributed by atoms with Crippen LogP contribution in [-0.2, 0) is 10.9 Å². The Bertz CT molecular complexity index is 1330. The molecule has 0 unspecified atom stereocenters. The van der Waals surface area contributed by atoms with Gasteiger partial charge in [0.05, 0.1) is 16.5 Å². The van der Waals surface area contributed by atoms with Gasteiger partial charge in [-0.3, -0.25) is 4.98 Å². The lowest BCUT2D eigenvalue weighted by atomic mass is 10.1. The molecular formula is C21H18F3N5O4. The van der Waals surface area contributed by atoms with Crippen LogP contribution in [0.25, 0.3) is 21.9 Å². The average Bonchev–Trinajstić information content (AvgIpc) is 3.33. The number of aliphatic hydroxyl groups is 2. The maximum atomic E-state index is 13.6. The minimum Gasteiger partial charge on any atom is -0.490 e. The summed E-state index contributed by atoms with van der Waals surface area (Å²) in [5.74, 6) is -0.217. The Labute approximate surface area is 184 Å². The van der Waals surface area contributed by atoms with Gasteiger partial charge in [-0.15, -0.1) is 0 Å². The van der Waals surface area contributed by atoms with Gasteiger partial charge in [0.15, 0.2) is 6.23 Å². The van der Waals surface area contributed by atoms with Crippen molar-refractivity contribution in [2.24, 2.45) is 0 Å². The van der Waals surface area contributed by atoms with Crippen LogP contribution in [0, 0.1) is 0 Å². The fraction of sp³-hybridized carbons (Fsp3) is 0.286. The van der Waals surface area contributed by atoms with Crippen LogP contribution >= 0.6 is 0 Å². The molecule has 5 rings (SSSR count). The number of halogens is 3. The predicted molar refractivity (Wildman–Crippen MR) is 110 cm³/mol. The quantitative estimate of drug-likeness (QED) is 0.422. The van der Waals surface area contributed by atoms with E-state index in [4.69, 9.17) is 15.2 Å². The summed E-state index contributed by atoms with van der Waals surface area (Å²) in [4.78, 5) is 12.1. The highest BCUT2D eigenvalue weighted by Gasteiger charge is 2.45.